The number of amides is 5. The Bertz CT molecular complexity index is 2160. The van der Waals surface area contributed by atoms with Crippen molar-refractivity contribution in [3.63, 3.8) is 0 Å². The van der Waals surface area contributed by atoms with Crippen molar-refractivity contribution in [1.82, 2.24) is 29.7 Å². The summed E-state index contributed by atoms with van der Waals surface area (Å²) < 4.78 is 57.2. The summed E-state index contributed by atoms with van der Waals surface area (Å²) >= 11 is 0. The minimum absolute atomic E-state index is 0.0690. The lowest BCUT2D eigenvalue weighted by Crippen LogP contribution is -2.57. The monoisotopic (exact) mass is 780 g/mol. The maximum absolute atomic E-state index is 14.6. The minimum atomic E-state index is -3.95. The van der Waals surface area contributed by atoms with Gasteiger partial charge in [-0.15, -0.1) is 6.58 Å². The number of fused-ring (bicyclic) bond motifs is 3. The second-order valence-electron chi connectivity index (χ2n) is 16.5. The van der Waals surface area contributed by atoms with E-state index in [1.807, 2.05) is 48.5 Å². The smallest absolute Gasteiger partial charge is 0.326 e. The Kier molecular flexibility index (Phi) is 9.58. The van der Waals surface area contributed by atoms with E-state index >= 15 is 0 Å². The molecule has 3 N–H and O–H groups in total. The van der Waals surface area contributed by atoms with Crippen molar-refractivity contribution in [3.8, 4) is 0 Å². The zero-order valence-corrected chi connectivity index (χ0v) is 31.8. The highest BCUT2D eigenvalue weighted by molar-refractivity contribution is 7.91. The molecule has 0 spiro atoms. The standard InChI is InChI=1S/C39H46F2N6O7S/c1-5-23-20-39(23,35(51)44-55(53,54)25-14-15-25)43-33(49)31-18-24(42-36(52)47-29-12-8-6-10-26(29)27-11-7-9-13-30(27)47)21-46(31)34(50)28(37(2,3)4)19-32(48)45-17-16-38(40,41)22-45/h5-13,23-25,28,31H,1,14-22H2,2-4H3,(H,42,52)(H,43,49)(H,44,51)/t23-,24-,28-,31+,39-/m1/s1. The average Bonchev–Trinajstić information content (AvgIpc) is 3.99. The molecule has 3 aromatic rings. The molecule has 0 bridgehead atoms. The molecular weight excluding hydrogens is 735 g/mol. The summed E-state index contributed by atoms with van der Waals surface area (Å²) in [5.41, 5.74) is -1.18. The zero-order chi connectivity index (χ0) is 39.7. The topological polar surface area (TPSA) is 167 Å². The van der Waals surface area contributed by atoms with E-state index in [0.29, 0.717) is 23.9 Å². The third-order valence-corrected chi connectivity index (χ3v) is 13.3. The van der Waals surface area contributed by atoms with Crippen LogP contribution < -0.4 is 15.4 Å². The lowest BCUT2D eigenvalue weighted by Gasteiger charge is -2.35. The number of sulfonamides is 1. The summed E-state index contributed by atoms with van der Waals surface area (Å²) in [6.45, 7) is 7.95. The molecule has 2 aliphatic heterocycles. The summed E-state index contributed by atoms with van der Waals surface area (Å²) in [5.74, 6) is -7.50. The molecule has 13 nitrogen and oxygen atoms in total. The predicted molar refractivity (Wildman–Crippen MR) is 200 cm³/mol. The van der Waals surface area contributed by atoms with Crippen molar-refractivity contribution in [1.29, 1.82) is 0 Å². The van der Waals surface area contributed by atoms with Crippen LogP contribution in [0.15, 0.2) is 61.2 Å². The molecule has 5 atom stereocenters. The van der Waals surface area contributed by atoms with E-state index < -0.39 is 98.7 Å². The maximum Gasteiger partial charge on any atom is 0.326 e. The number of carbonyl (C=O) groups excluding carboxylic acids is 5. The van der Waals surface area contributed by atoms with Crippen LogP contribution in [0.2, 0.25) is 0 Å². The van der Waals surface area contributed by atoms with Gasteiger partial charge in [-0.25, -0.2) is 22.0 Å². The molecule has 2 aliphatic carbocycles. The normalized spacial score (nSPS) is 25.4. The minimum Gasteiger partial charge on any atom is -0.339 e. The molecule has 5 amide bonds. The van der Waals surface area contributed by atoms with Gasteiger partial charge in [-0.3, -0.25) is 28.5 Å². The summed E-state index contributed by atoms with van der Waals surface area (Å²) in [4.78, 5) is 72.3. The van der Waals surface area contributed by atoms with Crippen molar-refractivity contribution < 1.29 is 41.2 Å². The molecule has 4 aliphatic rings. The summed E-state index contributed by atoms with van der Waals surface area (Å²) in [5, 5.41) is 6.77. The highest BCUT2D eigenvalue weighted by Gasteiger charge is 2.62. The van der Waals surface area contributed by atoms with Crippen LogP contribution in [0, 0.1) is 17.3 Å². The molecule has 2 aromatic carbocycles. The zero-order valence-electron chi connectivity index (χ0n) is 31.0. The van der Waals surface area contributed by atoms with Gasteiger partial charge < -0.3 is 20.4 Å². The Balaban J connectivity index is 1.18. The number of likely N-dealkylation sites (tertiary alicyclic amines) is 2. The first kappa shape index (κ1) is 38.4. The summed E-state index contributed by atoms with van der Waals surface area (Å²) in [6, 6.07) is 12.3. The van der Waals surface area contributed by atoms with Crippen LogP contribution in [0.1, 0.15) is 59.3 Å². The number of nitrogens with zero attached hydrogens (tertiary/aromatic N) is 3. The lowest BCUT2D eigenvalue weighted by atomic mass is 9.77. The van der Waals surface area contributed by atoms with E-state index in [4.69, 9.17) is 0 Å². The van der Waals surface area contributed by atoms with Gasteiger partial charge >= 0.3 is 6.03 Å². The Morgan fingerprint density at radius 2 is 1.62 bits per heavy atom. The number of aromatic nitrogens is 1. The van der Waals surface area contributed by atoms with Crippen LogP contribution in [-0.2, 0) is 29.2 Å². The van der Waals surface area contributed by atoms with Gasteiger partial charge in [-0.2, -0.15) is 0 Å². The Labute approximate surface area is 317 Å². The second-order valence-corrected chi connectivity index (χ2v) is 18.4. The molecule has 55 heavy (non-hydrogen) atoms. The fourth-order valence-corrected chi connectivity index (χ4v) is 9.41. The van der Waals surface area contributed by atoms with E-state index in [1.165, 1.54) is 15.5 Å². The van der Waals surface area contributed by atoms with Crippen molar-refractivity contribution in [3.05, 3.63) is 61.2 Å². The first-order chi connectivity index (χ1) is 25.8. The number of halogens is 2. The molecule has 3 heterocycles. The van der Waals surface area contributed by atoms with E-state index in [0.717, 1.165) is 15.7 Å². The second kappa shape index (κ2) is 13.7. The predicted octanol–water partition coefficient (Wildman–Crippen LogP) is 3.91. The van der Waals surface area contributed by atoms with Crippen LogP contribution in [0.5, 0.6) is 0 Å². The summed E-state index contributed by atoms with van der Waals surface area (Å²) in [6.07, 6.45) is 1.46. The number of carbonyl (C=O) groups is 5. The third kappa shape index (κ3) is 7.32. The molecule has 1 aromatic heterocycles. The molecule has 7 rings (SSSR count). The number of hydrogen-bond donors (Lipinski definition) is 3. The van der Waals surface area contributed by atoms with Crippen LogP contribution >= 0.6 is 0 Å². The van der Waals surface area contributed by atoms with Gasteiger partial charge in [0, 0.05) is 42.6 Å². The molecule has 0 unspecified atom stereocenters. The Morgan fingerprint density at radius 1 is 1.00 bits per heavy atom. The van der Waals surface area contributed by atoms with Crippen LogP contribution in [-0.4, -0.2) is 101 Å². The number of alkyl halides is 2. The Morgan fingerprint density at radius 3 is 2.15 bits per heavy atom. The highest BCUT2D eigenvalue weighted by atomic mass is 32.2. The molecule has 294 valence electrons. The Hall–Kier alpha value is -4.86. The number of nitrogens with one attached hydrogen (secondary N) is 3. The number of hydrogen-bond acceptors (Lipinski definition) is 7. The lowest BCUT2D eigenvalue weighted by molar-refractivity contribution is -0.148. The molecule has 0 radical (unpaired) electrons. The van der Waals surface area contributed by atoms with Gasteiger partial charge in [0.1, 0.15) is 11.6 Å². The summed E-state index contributed by atoms with van der Waals surface area (Å²) in [7, 11) is -3.95. The number of para-hydroxylation sites is 2. The van der Waals surface area contributed by atoms with Crippen molar-refractivity contribution >= 4 is 61.5 Å². The van der Waals surface area contributed by atoms with Crippen LogP contribution in [0.4, 0.5) is 13.6 Å². The fraction of sp³-hybridized carbons (Fsp3) is 0.513. The van der Waals surface area contributed by atoms with E-state index in [-0.39, 0.29) is 32.4 Å². The van der Waals surface area contributed by atoms with Crippen molar-refractivity contribution in [2.24, 2.45) is 17.3 Å². The fourth-order valence-electron chi connectivity index (χ4n) is 8.05. The molecule has 16 heteroatoms. The van der Waals surface area contributed by atoms with Crippen LogP contribution in [0.3, 0.4) is 0 Å². The molecular formula is C39H46F2N6O7S. The van der Waals surface area contributed by atoms with Gasteiger partial charge in [-0.1, -0.05) is 63.2 Å². The average molecular weight is 781 g/mol. The van der Waals surface area contributed by atoms with Crippen molar-refractivity contribution in [2.45, 2.75) is 88.1 Å². The number of benzene rings is 2. The largest absolute Gasteiger partial charge is 0.339 e. The molecule has 2 saturated heterocycles. The van der Waals surface area contributed by atoms with Gasteiger partial charge in [-0.05, 0) is 43.2 Å². The van der Waals surface area contributed by atoms with Gasteiger partial charge in [0.2, 0.25) is 27.7 Å². The van der Waals surface area contributed by atoms with E-state index in [9.17, 15) is 41.2 Å². The van der Waals surface area contributed by atoms with Gasteiger partial charge in [0.15, 0.2) is 0 Å². The van der Waals surface area contributed by atoms with Crippen molar-refractivity contribution in [2.75, 3.05) is 19.6 Å². The third-order valence-electron chi connectivity index (χ3n) is 11.5. The molecule has 4 fully saturated rings. The highest BCUT2D eigenvalue weighted by Crippen LogP contribution is 2.46. The quantitative estimate of drug-likeness (QED) is 0.263. The first-order valence-electron chi connectivity index (χ1n) is 18.6. The first-order valence-corrected chi connectivity index (χ1v) is 20.2. The van der Waals surface area contributed by atoms with E-state index in [1.54, 1.807) is 20.8 Å². The SMILES string of the molecule is C=C[C@@H]1C[C@]1(NC(=O)[C@@H]1C[C@@H](NC(=O)n2c3ccccc3c3ccccc32)CN1C(=O)[C@@H](CC(=O)N1CCC(F)(F)C1)C(C)(C)C)C(=O)NS(=O)(=O)C1CC1. The maximum atomic E-state index is 14.6. The molecule has 2 saturated carbocycles. The number of rotatable bonds is 10. The van der Waals surface area contributed by atoms with E-state index in [2.05, 4.69) is 21.9 Å². The van der Waals surface area contributed by atoms with Gasteiger partial charge in [0.05, 0.1) is 34.8 Å². The van der Waals surface area contributed by atoms with Gasteiger partial charge in [0.25, 0.3) is 11.8 Å². The van der Waals surface area contributed by atoms with Crippen LogP contribution in [0.25, 0.3) is 21.8 Å².